The van der Waals surface area contributed by atoms with Gasteiger partial charge in [-0.2, -0.15) is 0 Å². The van der Waals surface area contributed by atoms with Gasteiger partial charge in [0.15, 0.2) is 23.3 Å². The molecule has 0 heterocycles. The number of rotatable bonds is 7. The average molecular weight is 319 g/mol. The SMILES string of the molecule is CCCCCCOC(=O)c1c(F)c(F)c(N=[N+]=[N-])c(F)c1F. The predicted octanol–water partition coefficient (Wildman–Crippen LogP) is 4.92. The van der Waals surface area contributed by atoms with Crippen LogP contribution >= 0.6 is 0 Å². The molecule has 0 aliphatic rings. The van der Waals surface area contributed by atoms with Crippen molar-refractivity contribution in [1.29, 1.82) is 0 Å². The zero-order valence-corrected chi connectivity index (χ0v) is 11.7. The van der Waals surface area contributed by atoms with E-state index in [1.54, 1.807) is 0 Å². The fourth-order valence-electron chi connectivity index (χ4n) is 1.70. The number of esters is 1. The summed E-state index contributed by atoms with van der Waals surface area (Å²) in [5.41, 5.74) is 5.15. The van der Waals surface area contributed by atoms with Gasteiger partial charge in [0.25, 0.3) is 0 Å². The normalized spacial score (nSPS) is 10.2. The monoisotopic (exact) mass is 319 g/mol. The highest BCUT2D eigenvalue weighted by Gasteiger charge is 2.29. The summed E-state index contributed by atoms with van der Waals surface area (Å²) >= 11 is 0. The van der Waals surface area contributed by atoms with Crippen molar-refractivity contribution in [2.24, 2.45) is 5.11 Å². The molecule has 0 amide bonds. The molecule has 0 aromatic heterocycles. The molecular formula is C13H13F4N3O2. The molecule has 120 valence electrons. The van der Waals surface area contributed by atoms with E-state index in [1.165, 1.54) is 0 Å². The minimum Gasteiger partial charge on any atom is -0.462 e. The average Bonchev–Trinajstić information content (AvgIpc) is 2.49. The van der Waals surface area contributed by atoms with Crippen LogP contribution in [-0.4, -0.2) is 12.6 Å². The molecule has 0 aliphatic heterocycles. The lowest BCUT2D eigenvalue weighted by Crippen LogP contribution is -2.14. The van der Waals surface area contributed by atoms with E-state index in [4.69, 9.17) is 5.53 Å². The molecule has 0 unspecified atom stereocenters. The van der Waals surface area contributed by atoms with Gasteiger partial charge in [-0.3, -0.25) is 0 Å². The van der Waals surface area contributed by atoms with Crippen LogP contribution in [0.2, 0.25) is 0 Å². The third-order valence-corrected chi connectivity index (χ3v) is 2.82. The molecule has 0 spiro atoms. The van der Waals surface area contributed by atoms with Crippen LogP contribution < -0.4 is 0 Å². The molecule has 22 heavy (non-hydrogen) atoms. The minimum absolute atomic E-state index is 0.126. The highest BCUT2D eigenvalue weighted by atomic mass is 19.2. The van der Waals surface area contributed by atoms with Crippen molar-refractivity contribution in [2.45, 2.75) is 32.6 Å². The number of unbranched alkanes of at least 4 members (excludes halogenated alkanes) is 3. The maximum absolute atomic E-state index is 13.6. The molecule has 0 saturated heterocycles. The van der Waals surface area contributed by atoms with Crippen LogP contribution in [0.15, 0.2) is 5.11 Å². The number of benzene rings is 1. The van der Waals surface area contributed by atoms with Crippen molar-refractivity contribution in [1.82, 2.24) is 0 Å². The van der Waals surface area contributed by atoms with E-state index in [9.17, 15) is 22.4 Å². The first-order valence-electron chi connectivity index (χ1n) is 6.53. The predicted molar refractivity (Wildman–Crippen MR) is 69.5 cm³/mol. The Kier molecular flexibility index (Phi) is 6.65. The van der Waals surface area contributed by atoms with E-state index >= 15 is 0 Å². The summed E-state index contributed by atoms with van der Waals surface area (Å²) in [4.78, 5) is 13.6. The van der Waals surface area contributed by atoms with Gasteiger partial charge in [0, 0.05) is 4.91 Å². The molecule has 1 aromatic rings. The Bertz CT molecular complexity index is 587. The third kappa shape index (κ3) is 3.88. The number of carbonyl (C=O) groups excluding carboxylic acids is 1. The molecular weight excluding hydrogens is 306 g/mol. The van der Waals surface area contributed by atoms with Crippen molar-refractivity contribution in [3.63, 3.8) is 0 Å². The first-order valence-corrected chi connectivity index (χ1v) is 6.53. The van der Waals surface area contributed by atoms with Gasteiger partial charge >= 0.3 is 5.97 Å². The lowest BCUT2D eigenvalue weighted by molar-refractivity contribution is 0.0484. The van der Waals surface area contributed by atoms with Gasteiger partial charge in [-0.05, 0) is 12.0 Å². The molecule has 0 saturated carbocycles. The summed E-state index contributed by atoms with van der Waals surface area (Å²) in [6, 6.07) is 0. The highest BCUT2D eigenvalue weighted by Crippen LogP contribution is 2.30. The fourth-order valence-corrected chi connectivity index (χ4v) is 1.70. The summed E-state index contributed by atoms with van der Waals surface area (Å²) < 4.78 is 58.8. The first-order chi connectivity index (χ1) is 10.5. The molecule has 0 fully saturated rings. The van der Waals surface area contributed by atoms with Crippen molar-refractivity contribution >= 4 is 11.7 Å². The molecule has 0 aliphatic carbocycles. The van der Waals surface area contributed by atoms with Crippen molar-refractivity contribution in [2.75, 3.05) is 6.61 Å². The van der Waals surface area contributed by atoms with Crippen LogP contribution in [0.1, 0.15) is 43.0 Å². The van der Waals surface area contributed by atoms with Crippen LogP contribution in [-0.2, 0) is 4.74 Å². The second kappa shape index (κ2) is 8.23. The van der Waals surface area contributed by atoms with Crippen molar-refractivity contribution in [3.05, 3.63) is 39.3 Å². The van der Waals surface area contributed by atoms with E-state index in [1.807, 2.05) is 6.92 Å². The third-order valence-electron chi connectivity index (χ3n) is 2.82. The van der Waals surface area contributed by atoms with Crippen LogP contribution in [0, 0.1) is 23.3 Å². The maximum atomic E-state index is 13.6. The summed E-state index contributed by atoms with van der Waals surface area (Å²) in [5.74, 6) is -9.33. The molecule has 1 rings (SSSR count). The van der Waals surface area contributed by atoms with Gasteiger partial charge in [-0.15, -0.1) is 0 Å². The van der Waals surface area contributed by atoms with Crippen LogP contribution in [0.5, 0.6) is 0 Å². The number of ether oxygens (including phenoxy) is 1. The molecule has 0 bridgehead atoms. The van der Waals surface area contributed by atoms with Crippen molar-refractivity contribution < 1.29 is 27.1 Å². The number of halogens is 4. The Hall–Kier alpha value is -2.28. The maximum Gasteiger partial charge on any atom is 0.344 e. The second-order valence-corrected chi connectivity index (χ2v) is 4.37. The Morgan fingerprint density at radius 3 is 2.18 bits per heavy atom. The molecule has 5 nitrogen and oxygen atoms in total. The smallest absolute Gasteiger partial charge is 0.344 e. The molecule has 0 radical (unpaired) electrons. The Labute approximate surface area is 123 Å². The molecule has 0 atom stereocenters. The Balaban J connectivity index is 3.00. The number of hydrogen-bond donors (Lipinski definition) is 0. The fraction of sp³-hybridized carbons (Fsp3) is 0.462. The van der Waals surface area contributed by atoms with E-state index in [0.29, 0.717) is 6.42 Å². The molecule has 1 aromatic carbocycles. The quantitative estimate of drug-likeness (QED) is 0.136. The van der Waals surface area contributed by atoms with Crippen LogP contribution in [0.25, 0.3) is 10.4 Å². The highest BCUT2D eigenvalue weighted by molar-refractivity contribution is 5.90. The van der Waals surface area contributed by atoms with Crippen LogP contribution in [0.4, 0.5) is 23.2 Å². The second-order valence-electron chi connectivity index (χ2n) is 4.37. The number of hydrogen-bond acceptors (Lipinski definition) is 3. The van der Waals surface area contributed by atoms with E-state index < -0.39 is 40.5 Å². The van der Waals surface area contributed by atoms with E-state index in [2.05, 4.69) is 14.8 Å². The summed E-state index contributed by atoms with van der Waals surface area (Å²) in [6.07, 6.45) is 3.04. The zero-order chi connectivity index (χ0) is 16.7. The standard InChI is InChI=1S/C13H13F4N3O2/c1-2-3-4-5-6-22-13(21)7-8(14)10(16)12(19-20-18)11(17)9(7)15/h2-6H2,1H3. The molecule has 9 heteroatoms. The topological polar surface area (TPSA) is 75.1 Å². The first kappa shape index (κ1) is 17.8. The number of carbonyl (C=O) groups is 1. The summed E-state index contributed by atoms with van der Waals surface area (Å²) in [5, 5.41) is 2.52. The Morgan fingerprint density at radius 2 is 1.68 bits per heavy atom. The van der Waals surface area contributed by atoms with Gasteiger partial charge in [-0.1, -0.05) is 31.3 Å². The van der Waals surface area contributed by atoms with Gasteiger partial charge in [0.1, 0.15) is 11.3 Å². The Morgan fingerprint density at radius 1 is 1.09 bits per heavy atom. The zero-order valence-electron chi connectivity index (χ0n) is 11.7. The molecule has 0 N–H and O–H groups in total. The van der Waals surface area contributed by atoms with Crippen LogP contribution in [0.3, 0.4) is 0 Å². The minimum atomic E-state index is -1.96. The largest absolute Gasteiger partial charge is 0.462 e. The van der Waals surface area contributed by atoms with Crippen molar-refractivity contribution in [3.8, 4) is 0 Å². The number of nitrogens with zero attached hydrogens (tertiary/aromatic N) is 3. The number of azide groups is 1. The summed E-state index contributed by atoms with van der Waals surface area (Å²) in [7, 11) is 0. The van der Waals surface area contributed by atoms with E-state index in [-0.39, 0.29) is 6.61 Å². The van der Waals surface area contributed by atoms with E-state index in [0.717, 1.165) is 19.3 Å². The summed E-state index contributed by atoms with van der Waals surface area (Å²) in [6.45, 7) is 1.84. The van der Waals surface area contributed by atoms with Gasteiger partial charge in [-0.25, -0.2) is 22.4 Å². The van der Waals surface area contributed by atoms with Gasteiger partial charge in [0.2, 0.25) is 0 Å². The van der Waals surface area contributed by atoms with Gasteiger partial charge in [0.05, 0.1) is 6.61 Å². The lowest BCUT2D eigenvalue weighted by Gasteiger charge is -2.09. The van der Waals surface area contributed by atoms with Gasteiger partial charge < -0.3 is 4.74 Å². The lowest BCUT2D eigenvalue weighted by atomic mass is 10.1.